The predicted molar refractivity (Wildman–Crippen MR) is 88.0 cm³/mol. The van der Waals surface area contributed by atoms with Crippen LogP contribution in [0.4, 0.5) is 5.69 Å². The number of carbonyl (C=O) groups excluding carboxylic acids is 1. The van der Waals surface area contributed by atoms with E-state index < -0.39 is 10.9 Å². The molecule has 0 bridgehead atoms. The van der Waals surface area contributed by atoms with Gasteiger partial charge in [0.2, 0.25) is 0 Å². The smallest absolute Gasteiger partial charge is 0.338 e. The first-order valence-electron chi connectivity index (χ1n) is 6.47. The molecule has 0 unspecified atom stereocenters. The molecule has 120 valence electrons. The van der Waals surface area contributed by atoms with Gasteiger partial charge in [-0.2, -0.15) is 0 Å². The number of hydrogen-bond acceptors (Lipinski definition) is 5. The lowest BCUT2D eigenvalue weighted by Gasteiger charge is -2.08. The van der Waals surface area contributed by atoms with Crippen molar-refractivity contribution in [3.8, 4) is 5.75 Å². The van der Waals surface area contributed by atoms with Crippen LogP contribution >= 0.6 is 27.5 Å². The van der Waals surface area contributed by atoms with E-state index in [0.29, 0.717) is 5.75 Å². The Hall–Kier alpha value is -2.12. The Kier molecular flexibility index (Phi) is 5.95. The minimum Gasteiger partial charge on any atom is -0.490 e. The van der Waals surface area contributed by atoms with E-state index in [0.717, 1.165) is 10.5 Å². The molecule has 0 fully saturated rings. The summed E-state index contributed by atoms with van der Waals surface area (Å²) >= 11 is 9.00. The molecule has 0 saturated heterocycles. The normalized spacial score (nSPS) is 10.2. The number of nitrogens with zero attached hydrogens (tertiary/aromatic N) is 1. The van der Waals surface area contributed by atoms with Crippen LogP contribution in [-0.2, 0) is 4.74 Å². The second-order valence-corrected chi connectivity index (χ2v) is 5.69. The van der Waals surface area contributed by atoms with E-state index in [1.807, 2.05) is 12.1 Å². The van der Waals surface area contributed by atoms with Gasteiger partial charge in [-0.15, -0.1) is 0 Å². The quantitative estimate of drug-likeness (QED) is 0.313. The van der Waals surface area contributed by atoms with Crippen LogP contribution in [0.1, 0.15) is 10.4 Å². The predicted octanol–water partition coefficient (Wildman–Crippen LogP) is 4.25. The molecule has 0 atom stereocenters. The lowest BCUT2D eigenvalue weighted by Crippen LogP contribution is -2.12. The van der Waals surface area contributed by atoms with Crippen molar-refractivity contribution in [2.45, 2.75) is 0 Å². The van der Waals surface area contributed by atoms with E-state index in [-0.39, 0.29) is 29.5 Å². The van der Waals surface area contributed by atoms with Crippen LogP contribution in [0.2, 0.25) is 5.02 Å². The molecule has 23 heavy (non-hydrogen) atoms. The monoisotopic (exact) mass is 399 g/mol. The van der Waals surface area contributed by atoms with Crippen LogP contribution < -0.4 is 4.74 Å². The highest BCUT2D eigenvalue weighted by molar-refractivity contribution is 9.10. The summed E-state index contributed by atoms with van der Waals surface area (Å²) in [7, 11) is 0. The molecular formula is C15H11BrClNO5. The highest BCUT2D eigenvalue weighted by Gasteiger charge is 2.17. The summed E-state index contributed by atoms with van der Waals surface area (Å²) in [5, 5.41) is 10.7. The second kappa shape index (κ2) is 7.94. The standard InChI is InChI=1S/C15H11BrClNO5/c16-11-2-1-3-12(9-11)22-6-7-23-15(19)10-4-5-13(17)14(8-10)18(20)21/h1-5,8-9H,6-7H2. The maximum atomic E-state index is 11.8. The average Bonchev–Trinajstić information content (AvgIpc) is 2.51. The SMILES string of the molecule is O=C(OCCOc1cccc(Br)c1)c1ccc(Cl)c([N+](=O)[O-])c1. The molecule has 2 aromatic rings. The summed E-state index contributed by atoms with van der Waals surface area (Å²) in [6, 6.07) is 11.0. The molecule has 2 rings (SSSR count). The van der Waals surface area contributed by atoms with Gasteiger partial charge < -0.3 is 9.47 Å². The first kappa shape index (κ1) is 17.2. The number of rotatable bonds is 6. The summed E-state index contributed by atoms with van der Waals surface area (Å²) in [5.74, 6) is -0.0415. The zero-order valence-electron chi connectivity index (χ0n) is 11.7. The Bertz CT molecular complexity index is 738. The average molecular weight is 401 g/mol. The van der Waals surface area contributed by atoms with Gasteiger partial charge in [-0.05, 0) is 30.3 Å². The first-order chi connectivity index (χ1) is 11.0. The fourth-order valence-electron chi connectivity index (χ4n) is 1.71. The molecule has 0 aliphatic rings. The topological polar surface area (TPSA) is 78.7 Å². The number of hydrogen-bond donors (Lipinski definition) is 0. The summed E-state index contributed by atoms with van der Waals surface area (Å²) in [6.07, 6.45) is 0. The van der Waals surface area contributed by atoms with E-state index in [2.05, 4.69) is 15.9 Å². The van der Waals surface area contributed by atoms with Crippen molar-refractivity contribution < 1.29 is 19.2 Å². The van der Waals surface area contributed by atoms with E-state index in [4.69, 9.17) is 21.1 Å². The third-order valence-electron chi connectivity index (χ3n) is 2.76. The number of esters is 1. The van der Waals surface area contributed by atoms with Crippen LogP contribution in [0.3, 0.4) is 0 Å². The molecule has 0 radical (unpaired) electrons. The zero-order valence-corrected chi connectivity index (χ0v) is 14.0. The summed E-state index contributed by atoms with van der Waals surface area (Å²) in [6.45, 7) is 0.180. The minimum absolute atomic E-state index is 0.0156. The fraction of sp³-hybridized carbons (Fsp3) is 0.133. The van der Waals surface area contributed by atoms with Gasteiger partial charge in [-0.3, -0.25) is 10.1 Å². The lowest BCUT2D eigenvalue weighted by molar-refractivity contribution is -0.384. The second-order valence-electron chi connectivity index (χ2n) is 4.37. The van der Waals surface area contributed by atoms with Crippen LogP contribution in [-0.4, -0.2) is 24.1 Å². The van der Waals surface area contributed by atoms with Gasteiger partial charge in [0, 0.05) is 10.5 Å². The van der Waals surface area contributed by atoms with Gasteiger partial charge in [0.05, 0.1) is 10.5 Å². The number of halogens is 2. The lowest BCUT2D eigenvalue weighted by atomic mass is 10.2. The van der Waals surface area contributed by atoms with Crippen molar-refractivity contribution in [1.82, 2.24) is 0 Å². The highest BCUT2D eigenvalue weighted by atomic mass is 79.9. The number of benzene rings is 2. The molecule has 0 spiro atoms. The molecular weight excluding hydrogens is 390 g/mol. The van der Waals surface area contributed by atoms with Gasteiger partial charge in [-0.25, -0.2) is 4.79 Å². The van der Waals surface area contributed by atoms with Gasteiger partial charge in [-0.1, -0.05) is 33.6 Å². The van der Waals surface area contributed by atoms with Crippen molar-refractivity contribution in [1.29, 1.82) is 0 Å². The highest BCUT2D eigenvalue weighted by Crippen LogP contribution is 2.25. The van der Waals surface area contributed by atoms with Gasteiger partial charge >= 0.3 is 5.97 Å². The maximum absolute atomic E-state index is 11.8. The zero-order chi connectivity index (χ0) is 16.8. The van der Waals surface area contributed by atoms with E-state index in [9.17, 15) is 14.9 Å². The van der Waals surface area contributed by atoms with Crippen molar-refractivity contribution in [3.63, 3.8) is 0 Å². The largest absolute Gasteiger partial charge is 0.490 e. The van der Waals surface area contributed by atoms with Gasteiger partial charge in [0.25, 0.3) is 5.69 Å². The molecule has 8 heteroatoms. The Balaban J connectivity index is 1.88. The summed E-state index contributed by atoms with van der Waals surface area (Å²) in [4.78, 5) is 22.0. The first-order valence-corrected chi connectivity index (χ1v) is 7.64. The van der Waals surface area contributed by atoms with E-state index >= 15 is 0 Å². The number of carbonyl (C=O) groups is 1. The Morgan fingerprint density at radius 3 is 2.70 bits per heavy atom. The number of ether oxygens (including phenoxy) is 2. The maximum Gasteiger partial charge on any atom is 0.338 e. The molecule has 0 aromatic heterocycles. The molecule has 0 N–H and O–H groups in total. The third-order valence-corrected chi connectivity index (χ3v) is 3.57. The summed E-state index contributed by atoms with van der Waals surface area (Å²) < 4.78 is 11.3. The number of nitro benzene ring substituents is 1. The Morgan fingerprint density at radius 1 is 1.22 bits per heavy atom. The molecule has 0 aliphatic carbocycles. The van der Waals surface area contributed by atoms with Crippen LogP contribution in [0.25, 0.3) is 0 Å². The van der Waals surface area contributed by atoms with Crippen LogP contribution in [0.5, 0.6) is 5.75 Å². The van der Waals surface area contributed by atoms with Gasteiger partial charge in [0.15, 0.2) is 0 Å². The minimum atomic E-state index is -0.678. The molecule has 6 nitrogen and oxygen atoms in total. The van der Waals surface area contributed by atoms with Crippen LogP contribution in [0, 0.1) is 10.1 Å². The van der Waals surface area contributed by atoms with Crippen molar-refractivity contribution in [2.75, 3.05) is 13.2 Å². The molecule has 0 saturated carbocycles. The van der Waals surface area contributed by atoms with E-state index in [1.165, 1.54) is 12.1 Å². The number of nitro groups is 1. The van der Waals surface area contributed by atoms with Crippen molar-refractivity contribution >= 4 is 39.2 Å². The van der Waals surface area contributed by atoms with Crippen LogP contribution in [0.15, 0.2) is 46.9 Å². The van der Waals surface area contributed by atoms with Gasteiger partial charge in [0.1, 0.15) is 24.0 Å². The molecule has 0 heterocycles. The third kappa shape index (κ3) is 4.94. The van der Waals surface area contributed by atoms with Crippen molar-refractivity contribution in [3.05, 3.63) is 67.6 Å². The molecule has 0 amide bonds. The van der Waals surface area contributed by atoms with Crippen molar-refractivity contribution in [2.24, 2.45) is 0 Å². The van der Waals surface area contributed by atoms with E-state index in [1.54, 1.807) is 12.1 Å². The summed E-state index contributed by atoms with van der Waals surface area (Å²) in [5.41, 5.74) is -0.282. The molecule has 2 aromatic carbocycles. The fourth-order valence-corrected chi connectivity index (χ4v) is 2.28. The Morgan fingerprint density at radius 2 is 2.00 bits per heavy atom. The Labute approximate surface area is 145 Å². The molecule has 0 aliphatic heterocycles.